The molecular weight excluding hydrogens is 360 g/mol. The van der Waals surface area contributed by atoms with Crippen molar-refractivity contribution in [2.45, 2.75) is 25.7 Å². The van der Waals surface area contributed by atoms with Crippen molar-refractivity contribution in [3.63, 3.8) is 0 Å². The second-order valence-corrected chi connectivity index (χ2v) is 6.83. The van der Waals surface area contributed by atoms with Crippen LogP contribution in [0.2, 0.25) is 0 Å². The molecule has 0 unspecified atom stereocenters. The van der Waals surface area contributed by atoms with Gasteiger partial charge in [-0.3, -0.25) is 9.89 Å². The molecule has 1 aromatic heterocycles. The minimum Gasteiger partial charge on any atom is -0.342 e. The Balaban J connectivity index is 1.40. The molecule has 0 atom stereocenters. The number of amides is 1. The molecule has 0 aliphatic rings. The zero-order valence-electron chi connectivity index (χ0n) is 15.8. The molecule has 4 nitrogen and oxygen atoms in total. The number of aryl methyl sites for hydroxylation is 1. The van der Waals surface area contributed by atoms with Crippen molar-refractivity contribution >= 4 is 5.91 Å². The van der Waals surface area contributed by atoms with E-state index in [-0.39, 0.29) is 17.5 Å². The molecule has 28 heavy (non-hydrogen) atoms. The number of hydrogen-bond acceptors (Lipinski definition) is 2. The van der Waals surface area contributed by atoms with Crippen molar-refractivity contribution in [3.05, 3.63) is 77.5 Å². The highest BCUT2D eigenvalue weighted by Gasteiger charge is 2.11. The van der Waals surface area contributed by atoms with Crippen LogP contribution in [0.15, 0.2) is 54.6 Å². The monoisotopic (exact) mass is 383 g/mol. The molecule has 0 spiro atoms. The number of unbranched alkanes of at least 4 members (excludes halogenated alkanes) is 2. The first-order valence-electron chi connectivity index (χ1n) is 9.34. The van der Waals surface area contributed by atoms with Gasteiger partial charge < -0.3 is 4.90 Å². The average Bonchev–Trinajstić information content (AvgIpc) is 3.16. The summed E-state index contributed by atoms with van der Waals surface area (Å²) in [7, 11) is 1.76. The lowest BCUT2D eigenvalue weighted by molar-refractivity contribution is 0.0792. The first-order chi connectivity index (χ1) is 13.5. The summed E-state index contributed by atoms with van der Waals surface area (Å²) in [6.07, 6.45) is 3.66. The molecule has 1 heterocycles. The van der Waals surface area contributed by atoms with Crippen LogP contribution in [-0.2, 0) is 6.42 Å². The maximum atomic E-state index is 13.3. The molecule has 1 N–H and O–H groups in total. The summed E-state index contributed by atoms with van der Waals surface area (Å²) in [6.45, 7) is 0.647. The summed E-state index contributed by atoms with van der Waals surface area (Å²) in [5.74, 6) is -0.728. The predicted octanol–water partition coefficient (Wildman–Crippen LogP) is 4.84. The number of carbonyl (C=O) groups excluding carboxylic acids is 1. The number of aromatic amines is 1. The predicted molar refractivity (Wildman–Crippen MR) is 105 cm³/mol. The number of carbonyl (C=O) groups is 1. The standard InChI is InChI=1S/C22H23F2N3O/c1-27(22(28)16-9-11-18(23)12-10-16)13-4-2-3-8-20-15-21(26-25-20)17-6-5-7-19(24)14-17/h5-7,9-12,14-15H,2-4,8,13H2,1H3,(H,25,26). The topological polar surface area (TPSA) is 49.0 Å². The third-order valence-electron chi connectivity index (χ3n) is 4.63. The fourth-order valence-corrected chi connectivity index (χ4v) is 3.04. The van der Waals surface area contributed by atoms with E-state index in [1.165, 1.54) is 36.4 Å². The number of aromatic nitrogens is 2. The third kappa shape index (κ3) is 5.25. The molecule has 1 amide bonds. The molecule has 0 aliphatic carbocycles. The molecule has 0 fully saturated rings. The zero-order chi connectivity index (χ0) is 19.9. The van der Waals surface area contributed by atoms with E-state index in [0.29, 0.717) is 12.1 Å². The first kappa shape index (κ1) is 19.7. The highest BCUT2D eigenvalue weighted by molar-refractivity contribution is 5.93. The molecule has 146 valence electrons. The first-order valence-corrected chi connectivity index (χ1v) is 9.34. The van der Waals surface area contributed by atoms with Gasteiger partial charge in [-0.15, -0.1) is 0 Å². The largest absolute Gasteiger partial charge is 0.342 e. The lowest BCUT2D eigenvalue weighted by Gasteiger charge is -2.17. The number of H-pyrrole nitrogens is 1. The van der Waals surface area contributed by atoms with Gasteiger partial charge in [0.1, 0.15) is 11.6 Å². The summed E-state index contributed by atoms with van der Waals surface area (Å²) in [5, 5.41) is 7.25. The summed E-state index contributed by atoms with van der Waals surface area (Å²) < 4.78 is 26.3. The van der Waals surface area contributed by atoms with Crippen LogP contribution in [-0.4, -0.2) is 34.6 Å². The number of rotatable bonds is 8. The van der Waals surface area contributed by atoms with E-state index in [1.54, 1.807) is 18.0 Å². The Bertz CT molecular complexity index is 922. The van der Waals surface area contributed by atoms with E-state index in [4.69, 9.17) is 0 Å². The van der Waals surface area contributed by atoms with Crippen molar-refractivity contribution in [1.29, 1.82) is 0 Å². The quantitative estimate of drug-likeness (QED) is 0.566. The van der Waals surface area contributed by atoms with Crippen molar-refractivity contribution in [2.75, 3.05) is 13.6 Å². The second-order valence-electron chi connectivity index (χ2n) is 6.83. The van der Waals surface area contributed by atoms with Crippen LogP contribution >= 0.6 is 0 Å². The van der Waals surface area contributed by atoms with Crippen LogP contribution in [0.4, 0.5) is 8.78 Å². The molecule has 2 aromatic carbocycles. The Morgan fingerprint density at radius 2 is 1.79 bits per heavy atom. The van der Waals surface area contributed by atoms with Gasteiger partial charge >= 0.3 is 0 Å². The van der Waals surface area contributed by atoms with Gasteiger partial charge in [0.25, 0.3) is 5.91 Å². The summed E-state index contributed by atoms with van der Waals surface area (Å²) in [4.78, 5) is 13.9. The van der Waals surface area contributed by atoms with E-state index in [9.17, 15) is 13.6 Å². The maximum absolute atomic E-state index is 13.3. The molecule has 3 aromatic rings. The van der Waals surface area contributed by atoms with Crippen molar-refractivity contribution in [3.8, 4) is 11.3 Å². The number of nitrogens with zero attached hydrogens (tertiary/aromatic N) is 2. The van der Waals surface area contributed by atoms with Crippen LogP contribution in [0.1, 0.15) is 35.3 Å². The van der Waals surface area contributed by atoms with Gasteiger partial charge in [0.05, 0.1) is 5.69 Å². The van der Waals surface area contributed by atoms with E-state index >= 15 is 0 Å². The van der Waals surface area contributed by atoms with Crippen LogP contribution in [0.25, 0.3) is 11.3 Å². The Kier molecular flexibility index (Phi) is 6.53. The Morgan fingerprint density at radius 3 is 2.54 bits per heavy atom. The van der Waals surface area contributed by atoms with Crippen LogP contribution < -0.4 is 0 Å². The summed E-state index contributed by atoms with van der Waals surface area (Å²) in [6, 6.07) is 13.9. The molecule has 0 saturated carbocycles. The summed E-state index contributed by atoms with van der Waals surface area (Å²) >= 11 is 0. The van der Waals surface area contributed by atoms with Gasteiger partial charge in [-0.25, -0.2) is 8.78 Å². The number of halogens is 2. The van der Waals surface area contributed by atoms with E-state index in [1.807, 2.05) is 12.1 Å². The van der Waals surface area contributed by atoms with E-state index in [0.717, 1.165) is 42.6 Å². The Labute approximate surface area is 163 Å². The molecule has 6 heteroatoms. The minimum absolute atomic E-state index is 0.103. The molecule has 3 rings (SSSR count). The lowest BCUT2D eigenvalue weighted by atomic mass is 10.1. The van der Waals surface area contributed by atoms with E-state index in [2.05, 4.69) is 10.2 Å². The molecule has 0 aliphatic heterocycles. The van der Waals surface area contributed by atoms with Crippen molar-refractivity contribution in [2.24, 2.45) is 0 Å². The van der Waals surface area contributed by atoms with Crippen LogP contribution in [0.5, 0.6) is 0 Å². The number of nitrogens with one attached hydrogen (secondary N) is 1. The van der Waals surface area contributed by atoms with Gasteiger partial charge in [-0.05, 0) is 61.7 Å². The van der Waals surface area contributed by atoms with E-state index < -0.39 is 0 Å². The van der Waals surface area contributed by atoms with Gasteiger partial charge in [-0.1, -0.05) is 18.6 Å². The molecule has 0 radical (unpaired) electrons. The molecular formula is C22H23F2N3O. The third-order valence-corrected chi connectivity index (χ3v) is 4.63. The van der Waals surface area contributed by atoms with Gasteiger partial charge in [0.15, 0.2) is 0 Å². The Hall–Kier alpha value is -3.02. The second kappa shape index (κ2) is 9.26. The van der Waals surface area contributed by atoms with Gasteiger partial charge in [0, 0.05) is 30.4 Å². The van der Waals surface area contributed by atoms with Crippen LogP contribution in [0, 0.1) is 11.6 Å². The normalized spacial score (nSPS) is 10.8. The average molecular weight is 383 g/mol. The number of benzene rings is 2. The fraction of sp³-hybridized carbons (Fsp3) is 0.273. The van der Waals surface area contributed by atoms with Crippen molar-refractivity contribution in [1.82, 2.24) is 15.1 Å². The molecule has 0 saturated heterocycles. The SMILES string of the molecule is CN(CCCCCc1cc(-c2cccc(F)c2)n[nH]1)C(=O)c1ccc(F)cc1. The van der Waals surface area contributed by atoms with Crippen LogP contribution in [0.3, 0.4) is 0 Å². The van der Waals surface area contributed by atoms with Gasteiger partial charge in [-0.2, -0.15) is 5.10 Å². The highest BCUT2D eigenvalue weighted by Crippen LogP contribution is 2.19. The molecule has 0 bridgehead atoms. The van der Waals surface area contributed by atoms with Crippen molar-refractivity contribution < 1.29 is 13.6 Å². The smallest absolute Gasteiger partial charge is 0.253 e. The zero-order valence-corrected chi connectivity index (χ0v) is 15.8. The fourth-order valence-electron chi connectivity index (χ4n) is 3.04. The summed E-state index contributed by atoms with van der Waals surface area (Å²) in [5.41, 5.74) is 2.99. The Morgan fingerprint density at radius 1 is 1.00 bits per heavy atom. The number of hydrogen-bond donors (Lipinski definition) is 1. The minimum atomic E-state index is -0.349. The maximum Gasteiger partial charge on any atom is 0.253 e. The lowest BCUT2D eigenvalue weighted by Crippen LogP contribution is -2.27. The van der Waals surface area contributed by atoms with Gasteiger partial charge in [0.2, 0.25) is 0 Å². The highest BCUT2D eigenvalue weighted by atomic mass is 19.1.